The molecule has 1 aliphatic rings. The molecule has 7 nitrogen and oxygen atoms in total. The Morgan fingerprint density at radius 1 is 1.36 bits per heavy atom. The fourth-order valence-corrected chi connectivity index (χ4v) is 3.72. The molecule has 22 heavy (non-hydrogen) atoms. The Hall–Kier alpha value is -1.93. The molecule has 0 saturated carbocycles. The maximum Gasteiger partial charge on any atom is 0.260 e. The van der Waals surface area contributed by atoms with E-state index in [0.29, 0.717) is 16.5 Å². The van der Waals surface area contributed by atoms with Crippen LogP contribution >= 0.6 is 11.3 Å². The van der Waals surface area contributed by atoms with E-state index in [1.807, 2.05) is 6.92 Å². The van der Waals surface area contributed by atoms with Gasteiger partial charge in [-0.25, -0.2) is 9.97 Å². The van der Waals surface area contributed by atoms with Gasteiger partial charge in [0, 0.05) is 19.1 Å². The van der Waals surface area contributed by atoms with Crippen LogP contribution in [0.15, 0.2) is 0 Å². The molecule has 1 fully saturated rings. The number of carbonyl (C=O) groups excluding carboxylic acids is 1. The molecule has 3 heterocycles. The molecule has 2 aromatic rings. The summed E-state index contributed by atoms with van der Waals surface area (Å²) >= 11 is 1.24. The number of anilines is 2. The Bertz CT molecular complexity index is 720. The summed E-state index contributed by atoms with van der Waals surface area (Å²) in [6.45, 7) is 3.71. The number of fused-ring (bicyclic) bond motifs is 1. The summed E-state index contributed by atoms with van der Waals surface area (Å²) in [6.07, 6.45) is 2.59. The quantitative estimate of drug-likeness (QED) is 0.770. The van der Waals surface area contributed by atoms with Crippen LogP contribution in [0.4, 0.5) is 11.6 Å². The summed E-state index contributed by atoms with van der Waals surface area (Å²) in [5.41, 5.74) is 18.6. The van der Waals surface area contributed by atoms with Gasteiger partial charge in [0.15, 0.2) is 0 Å². The molecule has 1 saturated heterocycles. The Labute approximate surface area is 132 Å². The Kier molecular flexibility index (Phi) is 3.88. The van der Waals surface area contributed by atoms with E-state index in [1.165, 1.54) is 11.3 Å². The monoisotopic (exact) mass is 320 g/mol. The maximum absolute atomic E-state index is 11.5. The van der Waals surface area contributed by atoms with Gasteiger partial charge in [0.1, 0.15) is 9.71 Å². The van der Waals surface area contributed by atoms with Crippen LogP contribution in [0.25, 0.3) is 10.2 Å². The summed E-state index contributed by atoms with van der Waals surface area (Å²) in [6, 6.07) is 0.254. The van der Waals surface area contributed by atoms with Gasteiger partial charge in [-0.05, 0) is 19.3 Å². The van der Waals surface area contributed by atoms with Crippen molar-refractivity contribution in [1.29, 1.82) is 0 Å². The molecule has 6 N–H and O–H groups in total. The van der Waals surface area contributed by atoms with Gasteiger partial charge in [0.25, 0.3) is 5.91 Å². The first-order valence-electron chi connectivity index (χ1n) is 7.40. The van der Waals surface area contributed by atoms with Crippen molar-refractivity contribution in [3.05, 3.63) is 10.6 Å². The highest BCUT2D eigenvalue weighted by Gasteiger charge is 2.23. The number of nitrogen functional groups attached to an aromatic ring is 1. The molecule has 1 amide bonds. The number of rotatable bonds is 3. The zero-order valence-corrected chi connectivity index (χ0v) is 13.3. The summed E-state index contributed by atoms with van der Waals surface area (Å²) in [5, 5.41) is 0.763. The van der Waals surface area contributed by atoms with Gasteiger partial charge in [-0.1, -0.05) is 6.92 Å². The van der Waals surface area contributed by atoms with Crippen LogP contribution in [0.5, 0.6) is 0 Å². The van der Waals surface area contributed by atoms with Crippen LogP contribution in [0.3, 0.4) is 0 Å². The number of aryl methyl sites for hydroxylation is 1. The molecule has 0 spiro atoms. The molecule has 8 heteroatoms. The number of hydrogen-bond donors (Lipinski definition) is 3. The van der Waals surface area contributed by atoms with Crippen molar-refractivity contribution in [3.63, 3.8) is 0 Å². The highest BCUT2D eigenvalue weighted by molar-refractivity contribution is 7.21. The molecule has 0 aromatic carbocycles. The molecule has 0 aliphatic carbocycles. The van der Waals surface area contributed by atoms with Crippen LogP contribution in [-0.4, -0.2) is 35.0 Å². The third kappa shape index (κ3) is 2.48. The Morgan fingerprint density at radius 3 is 2.64 bits per heavy atom. The first-order chi connectivity index (χ1) is 10.5. The summed E-state index contributed by atoms with van der Waals surface area (Å²) < 4.78 is 0. The van der Waals surface area contributed by atoms with E-state index in [4.69, 9.17) is 17.2 Å². The number of amides is 1. The summed E-state index contributed by atoms with van der Waals surface area (Å²) in [7, 11) is 0. The lowest BCUT2D eigenvalue weighted by molar-refractivity contribution is 0.100. The second-order valence-corrected chi connectivity index (χ2v) is 6.54. The van der Waals surface area contributed by atoms with E-state index in [0.717, 1.165) is 48.3 Å². The average Bonchev–Trinajstić information content (AvgIpc) is 2.84. The Morgan fingerprint density at radius 2 is 2.05 bits per heavy atom. The lowest BCUT2D eigenvalue weighted by Gasteiger charge is -2.30. The van der Waals surface area contributed by atoms with Gasteiger partial charge >= 0.3 is 0 Å². The van der Waals surface area contributed by atoms with Crippen molar-refractivity contribution in [2.75, 3.05) is 23.7 Å². The standard InChI is InChI=1S/C14H20N6OS/c1-2-8-9-10(16)11(12(17)21)22-13(9)19-14(18-8)20-5-3-7(15)4-6-20/h7H,2-6,15-16H2,1H3,(H2,17,21). The highest BCUT2D eigenvalue weighted by Crippen LogP contribution is 2.35. The predicted molar refractivity (Wildman–Crippen MR) is 89.1 cm³/mol. The second-order valence-electron chi connectivity index (χ2n) is 5.54. The minimum atomic E-state index is -0.520. The molecule has 0 bridgehead atoms. The molecular weight excluding hydrogens is 300 g/mol. The number of nitrogens with zero attached hydrogens (tertiary/aromatic N) is 3. The fraction of sp³-hybridized carbons (Fsp3) is 0.500. The van der Waals surface area contributed by atoms with Crippen LogP contribution in [0, 0.1) is 0 Å². The molecule has 3 rings (SSSR count). The number of thiophene rings is 1. The molecular formula is C14H20N6OS. The van der Waals surface area contributed by atoms with Crippen molar-refractivity contribution in [2.45, 2.75) is 32.2 Å². The molecule has 0 unspecified atom stereocenters. The number of piperidine rings is 1. The van der Waals surface area contributed by atoms with Gasteiger partial charge in [0.05, 0.1) is 16.8 Å². The Balaban J connectivity index is 2.08. The predicted octanol–water partition coefficient (Wildman–Crippen LogP) is 0.862. The van der Waals surface area contributed by atoms with Crippen LogP contribution in [-0.2, 0) is 6.42 Å². The normalized spacial score (nSPS) is 16.4. The lowest BCUT2D eigenvalue weighted by Crippen LogP contribution is -2.40. The molecule has 2 aromatic heterocycles. The van der Waals surface area contributed by atoms with Gasteiger partial charge < -0.3 is 22.1 Å². The molecule has 0 radical (unpaired) electrons. The van der Waals surface area contributed by atoms with E-state index in [2.05, 4.69) is 14.9 Å². The topological polar surface area (TPSA) is 124 Å². The SMILES string of the molecule is CCc1nc(N2CCC(N)CC2)nc2sc(C(N)=O)c(N)c12. The first kappa shape index (κ1) is 15.0. The first-order valence-corrected chi connectivity index (χ1v) is 8.22. The van der Waals surface area contributed by atoms with Gasteiger partial charge in [-0.2, -0.15) is 0 Å². The number of carbonyl (C=O) groups is 1. The molecule has 118 valence electrons. The van der Waals surface area contributed by atoms with Crippen molar-refractivity contribution in [2.24, 2.45) is 11.5 Å². The zero-order valence-electron chi connectivity index (χ0n) is 12.5. The highest BCUT2D eigenvalue weighted by atomic mass is 32.1. The lowest BCUT2D eigenvalue weighted by atomic mass is 10.1. The van der Waals surface area contributed by atoms with Crippen LogP contribution in [0.2, 0.25) is 0 Å². The number of hydrogen-bond acceptors (Lipinski definition) is 7. The van der Waals surface area contributed by atoms with E-state index in [1.54, 1.807) is 0 Å². The number of nitrogens with two attached hydrogens (primary N) is 3. The fourth-order valence-electron chi connectivity index (χ4n) is 2.76. The van der Waals surface area contributed by atoms with Crippen LogP contribution in [0.1, 0.15) is 35.1 Å². The van der Waals surface area contributed by atoms with E-state index in [9.17, 15) is 4.79 Å². The van der Waals surface area contributed by atoms with Crippen molar-refractivity contribution in [3.8, 4) is 0 Å². The summed E-state index contributed by atoms with van der Waals surface area (Å²) in [4.78, 5) is 24.0. The molecule has 0 atom stereocenters. The van der Waals surface area contributed by atoms with Gasteiger partial charge in [0.2, 0.25) is 5.95 Å². The smallest absolute Gasteiger partial charge is 0.260 e. The van der Waals surface area contributed by atoms with Crippen LogP contribution < -0.4 is 22.1 Å². The second kappa shape index (κ2) is 5.69. The van der Waals surface area contributed by atoms with Crippen molar-refractivity contribution in [1.82, 2.24) is 9.97 Å². The third-order valence-electron chi connectivity index (χ3n) is 4.03. The number of primary amides is 1. The maximum atomic E-state index is 11.5. The third-order valence-corrected chi connectivity index (χ3v) is 5.15. The summed E-state index contributed by atoms with van der Waals surface area (Å²) in [5.74, 6) is 0.168. The minimum absolute atomic E-state index is 0.254. The number of aromatic nitrogens is 2. The van der Waals surface area contributed by atoms with Gasteiger partial charge in [-0.3, -0.25) is 4.79 Å². The van der Waals surface area contributed by atoms with Gasteiger partial charge in [-0.15, -0.1) is 11.3 Å². The van der Waals surface area contributed by atoms with E-state index in [-0.39, 0.29) is 6.04 Å². The largest absolute Gasteiger partial charge is 0.397 e. The molecule has 1 aliphatic heterocycles. The van der Waals surface area contributed by atoms with Crippen molar-refractivity contribution < 1.29 is 4.79 Å². The minimum Gasteiger partial charge on any atom is -0.397 e. The van der Waals surface area contributed by atoms with Crippen molar-refractivity contribution >= 4 is 39.1 Å². The van der Waals surface area contributed by atoms with E-state index >= 15 is 0 Å². The zero-order chi connectivity index (χ0) is 15.9. The average molecular weight is 320 g/mol. The van der Waals surface area contributed by atoms with E-state index < -0.39 is 5.91 Å².